The number of aromatic nitrogens is 3. The first kappa shape index (κ1) is 16.9. The van der Waals surface area contributed by atoms with Crippen LogP contribution in [0.15, 0.2) is 24.4 Å². The van der Waals surface area contributed by atoms with Crippen molar-refractivity contribution in [2.24, 2.45) is 7.05 Å². The van der Waals surface area contributed by atoms with Crippen molar-refractivity contribution in [2.45, 2.75) is 25.3 Å². The Kier molecular flexibility index (Phi) is 4.69. The fourth-order valence-electron chi connectivity index (χ4n) is 2.61. The molecular formula is C17H22N6O2. The summed E-state index contributed by atoms with van der Waals surface area (Å²) < 4.78 is 1.88. The number of nitrogens with zero attached hydrogens (tertiary/aromatic N) is 4. The first-order chi connectivity index (χ1) is 11.9. The molecule has 3 amide bonds. The van der Waals surface area contributed by atoms with Crippen LogP contribution in [0.25, 0.3) is 0 Å². The Morgan fingerprint density at radius 1 is 1.32 bits per heavy atom. The van der Waals surface area contributed by atoms with Gasteiger partial charge in [-0.2, -0.15) is 5.10 Å². The lowest BCUT2D eigenvalue weighted by Crippen LogP contribution is -2.29. The molecule has 1 saturated carbocycles. The third-order valence-electron chi connectivity index (χ3n) is 4.05. The highest BCUT2D eigenvalue weighted by atomic mass is 16.2. The maximum atomic E-state index is 12.0. The van der Waals surface area contributed by atoms with Crippen molar-refractivity contribution in [3.05, 3.63) is 41.3 Å². The Bertz CT molecular complexity index is 794. The van der Waals surface area contributed by atoms with Gasteiger partial charge in [0.2, 0.25) is 0 Å². The maximum absolute atomic E-state index is 12.0. The molecule has 1 aliphatic carbocycles. The molecule has 2 N–H and O–H groups in total. The fourth-order valence-corrected chi connectivity index (χ4v) is 2.61. The van der Waals surface area contributed by atoms with E-state index in [1.165, 1.54) is 29.6 Å². The number of urea groups is 1. The van der Waals surface area contributed by atoms with Gasteiger partial charge in [0, 0.05) is 44.5 Å². The average molecular weight is 342 g/mol. The minimum absolute atomic E-state index is 0.146. The second kappa shape index (κ2) is 6.92. The van der Waals surface area contributed by atoms with Gasteiger partial charge in [0.15, 0.2) is 0 Å². The zero-order chi connectivity index (χ0) is 18.0. The van der Waals surface area contributed by atoms with Gasteiger partial charge in [0.25, 0.3) is 5.91 Å². The van der Waals surface area contributed by atoms with Gasteiger partial charge < -0.3 is 10.2 Å². The van der Waals surface area contributed by atoms with Crippen LogP contribution < -0.4 is 10.6 Å². The van der Waals surface area contributed by atoms with Crippen molar-refractivity contribution >= 4 is 17.8 Å². The Labute approximate surface area is 146 Å². The molecule has 2 aromatic rings. The Balaban J connectivity index is 1.56. The van der Waals surface area contributed by atoms with E-state index in [0.29, 0.717) is 23.8 Å². The topological polar surface area (TPSA) is 92.1 Å². The maximum Gasteiger partial charge on any atom is 0.320 e. The molecule has 0 aromatic carbocycles. The standard InChI is InChI=1S/C17H22N6O2/c1-22(2)16(24)12-6-7-18-15(8-12)20-17(25)19-10-13-9-14(11-4-5-11)23(3)21-13/h6-9,11H,4-5,10H2,1-3H3,(H2,18,19,20,25). The third-order valence-corrected chi connectivity index (χ3v) is 4.05. The third kappa shape index (κ3) is 4.14. The molecule has 2 heterocycles. The van der Waals surface area contributed by atoms with Crippen LogP contribution in [0.5, 0.6) is 0 Å². The van der Waals surface area contributed by atoms with E-state index in [4.69, 9.17) is 0 Å². The number of anilines is 1. The van der Waals surface area contributed by atoms with Crippen molar-refractivity contribution in [3.8, 4) is 0 Å². The fraction of sp³-hybridized carbons (Fsp3) is 0.412. The van der Waals surface area contributed by atoms with Gasteiger partial charge in [-0.15, -0.1) is 0 Å². The molecule has 0 bridgehead atoms. The summed E-state index contributed by atoms with van der Waals surface area (Å²) in [5.41, 5.74) is 2.51. The number of carbonyl (C=O) groups excluding carboxylic acids is 2. The zero-order valence-corrected chi connectivity index (χ0v) is 14.6. The molecule has 8 heteroatoms. The zero-order valence-electron chi connectivity index (χ0n) is 14.6. The van der Waals surface area contributed by atoms with E-state index in [1.54, 1.807) is 26.2 Å². The minimum atomic E-state index is -0.388. The molecule has 25 heavy (non-hydrogen) atoms. The molecule has 2 aromatic heterocycles. The largest absolute Gasteiger partial charge is 0.345 e. The first-order valence-corrected chi connectivity index (χ1v) is 8.19. The van der Waals surface area contributed by atoms with Crippen LogP contribution >= 0.6 is 0 Å². The number of amides is 3. The lowest BCUT2D eigenvalue weighted by atomic mass is 10.2. The number of carbonyl (C=O) groups is 2. The molecular weight excluding hydrogens is 320 g/mol. The molecule has 1 aliphatic rings. The predicted molar refractivity (Wildman–Crippen MR) is 93.3 cm³/mol. The summed E-state index contributed by atoms with van der Waals surface area (Å²) in [6.07, 6.45) is 3.91. The van der Waals surface area contributed by atoms with Crippen LogP contribution in [-0.2, 0) is 13.6 Å². The lowest BCUT2D eigenvalue weighted by Gasteiger charge is -2.11. The van der Waals surface area contributed by atoms with Gasteiger partial charge in [0.05, 0.1) is 12.2 Å². The highest BCUT2D eigenvalue weighted by molar-refractivity contribution is 5.95. The van der Waals surface area contributed by atoms with Crippen LogP contribution in [-0.4, -0.2) is 45.7 Å². The molecule has 0 unspecified atom stereocenters. The van der Waals surface area contributed by atoms with Crippen molar-refractivity contribution < 1.29 is 9.59 Å². The summed E-state index contributed by atoms with van der Waals surface area (Å²) in [4.78, 5) is 29.5. The number of aryl methyl sites for hydroxylation is 1. The van der Waals surface area contributed by atoms with Crippen LogP contribution in [0.4, 0.5) is 10.6 Å². The van der Waals surface area contributed by atoms with E-state index >= 15 is 0 Å². The highest BCUT2D eigenvalue weighted by Crippen LogP contribution is 2.39. The van der Waals surface area contributed by atoms with Gasteiger partial charge in [-0.25, -0.2) is 9.78 Å². The highest BCUT2D eigenvalue weighted by Gasteiger charge is 2.27. The van der Waals surface area contributed by atoms with Crippen LogP contribution in [0.3, 0.4) is 0 Å². The van der Waals surface area contributed by atoms with Crippen molar-refractivity contribution in [1.82, 2.24) is 25.0 Å². The quantitative estimate of drug-likeness (QED) is 0.865. The molecule has 0 aliphatic heterocycles. The predicted octanol–water partition coefficient (Wildman–Crippen LogP) is 1.72. The Hall–Kier alpha value is -2.90. The molecule has 3 rings (SSSR count). The van der Waals surface area contributed by atoms with Gasteiger partial charge in [-0.1, -0.05) is 0 Å². The smallest absolute Gasteiger partial charge is 0.320 e. The van der Waals surface area contributed by atoms with E-state index < -0.39 is 0 Å². The van der Waals surface area contributed by atoms with E-state index in [9.17, 15) is 9.59 Å². The van der Waals surface area contributed by atoms with Crippen molar-refractivity contribution in [3.63, 3.8) is 0 Å². The van der Waals surface area contributed by atoms with Gasteiger partial charge in [0.1, 0.15) is 5.82 Å². The van der Waals surface area contributed by atoms with E-state index in [1.807, 2.05) is 17.8 Å². The number of hydrogen-bond acceptors (Lipinski definition) is 4. The molecule has 8 nitrogen and oxygen atoms in total. The van der Waals surface area contributed by atoms with E-state index in [-0.39, 0.29) is 11.9 Å². The molecule has 132 valence electrons. The number of nitrogens with one attached hydrogen (secondary N) is 2. The van der Waals surface area contributed by atoms with Crippen LogP contribution in [0.2, 0.25) is 0 Å². The van der Waals surface area contributed by atoms with Gasteiger partial charge in [-0.05, 0) is 31.0 Å². The molecule has 0 atom stereocenters. The van der Waals surface area contributed by atoms with Crippen molar-refractivity contribution in [2.75, 3.05) is 19.4 Å². The molecule has 0 radical (unpaired) electrons. The lowest BCUT2D eigenvalue weighted by molar-refractivity contribution is 0.0827. The summed E-state index contributed by atoms with van der Waals surface area (Å²) in [5, 5.41) is 9.81. The summed E-state index contributed by atoms with van der Waals surface area (Å²) in [7, 11) is 5.27. The normalized spacial score (nSPS) is 13.4. The average Bonchev–Trinajstić information content (AvgIpc) is 3.35. The number of rotatable bonds is 5. The van der Waals surface area contributed by atoms with Gasteiger partial charge >= 0.3 is 6.03 Å². The molecule has 0 spiro atoms. The molecule has 0 saturated heterocycles. The van der Waals surface area contributed by atoms with E-state index in [2.05, 4.69) is 20.7 Å². The number of pyridine rings is 1. The summed E-state index contributed by atoms with van der Waals surface area (Å²) in [5.74, 6) is 0.790. The first-order valence-electron chi connectivity index (χ1n) is 8.19. The summed E-state index contributed by atoms with van der Waals surface area (Å²) in [6, 6.07) is 4.81. The van der Waals surface area contributed by atoms with Gasteiger partial charge in [-0.3, -0.25) is 14.8 Å². The number of hydrogen-bond donors (Lipinski definition) is 2. The van der Waals surface area contributed by atoms with Crippen molar-refractivity contribution in [1.29, 1.82) is 0 Å². The molecule has 1 fully saturated rings. The summed E-state index contributed by atoms with van der Waals surface area (Å²) in [6.45, 7) is 0.336. The second-order valence-corrected chi connectivity index (χ2v) is 6.40. The Morgan fingerprint density at radius 3 is 2.76 bits per heavy atom. The summed E-state index contributed by atoms with van der Waals surface area (Å²) >= 11 is 0. The minimum Gasteiger partial charge on any atom is -0.345 e. The van der Waals surface area contributed by atoms with Crippen LogP contribution in [0.1, 0.15) is 40.5 Å². The Morgan fingerprint density at radius 2 is 2.08 bits per heavy atom. The SMILES string of the molecule is CN(C)C(=O)c1ccnc(NC(=O)NCc2cc(C3CC3)n(C)n2)c1. The second-order valence-electron chi connectivity index (χ2n) is 6.40. The van der Waals surface area contributed by atoms with E-state index in [0.717, 1.165) is 5.69 Å². The monoisotopic (exact) mass is 342 g/mol. The van der Waals surface area contributed by atoms with Crippen LogP contribution in [0, 0.1) is 0 Å².